The van der Waals surface area contributed by atoms with Gasteiger partial charge in [-0.15, -0.1) is 0 Å². The normalized spacial score (nSPS) is 11.2. The highest BCUT2D eigenvalue weighted by Gasteiger charge is 1.96. The SMILES string of the molecule is C=C(/C=C\CCCC(=O)O)CCCCCCCCCCCCCCC. The van der Waals surface area contributed by atoms with Crippen LogP contribution in [0.2, 0.25) is 0 Å². The van der Waals surface area contributed by atoms with E-state index < -0.39 is 5.97 Å². The number of carbonyl (C=O) groups is 1. The van der Waals surface area contributed by atoms with Crippen molar-refractivity contribution in [2.45, 2.75) is 116 Å². The number of unbranched alkanes of at least 4 members (excludes halogenated alkanes) is 13. The maximum Gasteiger partial charge on any atom is 0.303 e. The van der Waals surface area contributed by atoms with E-state index in [9.17, 15) is 4.79 Å². The van der Waals surface area contributed by atoms with Gasteiger partial charge < -0.3 is 5.11 Å². The summed E-state index contributed by atoms with van der Waals surface area (Å²) in [6.07, 6.45) is 25.0. The summed E-state index contributed by atoms with van der Waals surface area (Å²) < 4.78 is 0. The molecule has 0 rings (SSSR count). The summed E-state index contributed by atoms with van der Waals surface area (Å²) in [7, 11) is 0. The fraction of sp³-hybridized carbons (Fsp3) is 0.783. The standard InChI is InChI=1S/C23H42O2/c1-3-4-5-6-7-8-9-10-11-12-13-14-16-19-22(2)20-17-15-18-21-23(24)25/h17,20H,2-16,18-19,21H2,1H3,(H,24,25)/b20-17-. The minimum absolute atomic E-state index is 0.260. The Labute approximate surface area is 156 Å². The minimum atomic E-state index is -0.709. The highest BCUT2D eigenvalue weighted by atomic mass is 16.4. The second-order valence-corrected chi connectivity index (χ2v) is 7.34. The average molecular weight is 351 g/mol. The first-order valence-electron chi connectivity index (χ1n) is 10.7. The summed E-state index contributed by atoms with van der Waals surface area (Å²) in [5.41, 5.74) is 1.18. The molecule has 25 heavy (non-hydrogen) atoms. The van der Waals surface area contributed by atoms with Crippen LogP contribution < -0.4 is 0 Å². The Bertz CT molecular complexity index is 344. The monoisotopic (exact) mass is 350 g/mol. The Hall–Kier alpha value is -1.05. The van der Waals surface area contributed by atoms with Crippen molar-refractivity contribution in [1.82, 2.24) is 0 Å². The molecule has 0 aliphatic rings. The van der Waals surface area contributed by atoms with Crippen molar-refractivity contribution < 1.29 is 9.90 Å². The van der Waals surface area contributed by atoms with Crippen molar-refractivity contribution >= 4 is 5.97 Å². The molecule has 2 nitrogen and oxygen atoms in total. The lowest BCUT2D eigenvalue weighted by Crippen LogP contribution is -1.92. The van der Waals surface area contributed by atoms with E-state index in [0.717, 1.165) is 19.3 Å². The Balaban J connectivity index is 3.23. The van der Waals surface area contributed by atoms with E-state index in [1.165, 1.54) is 89.0 Å². The molecule has 0 atom stereocenters. The van der Waals surface area contributed by atoms with E-state index in [2.05, 4.69) is 25.7 Å². The molecule has 1 N–H and O–H groups in total. The first-order chi connectivity index (χ1) is 12.2. The Morgan fingerprint density at radius 1 is 0.760 bits per heavy atom. The van der Waals surface area contributed by atoms with Gasteiger partial charge in [-0.25, -0.2) is 0 Å². The molecule has 0 radical (unpaired) electrons. The molecule has 0 saturated heterocycles. The lowest BCUT2D eigenvalue weighted by Gasteiger charge is -2.03. The van der Waals surface area contributed by atoms with E-state index >= 15 is 0 Å². The molecule has 2 heteroatoms. The number of carboxylic acids is 1. The number of hydrogen-bond acceptors (Lipinski definition) is 1. The topological polar surface area (TPSA) is 37.3 Å². The molecule has 0 bridgehead atoms. The van der Waals surface area contributed by atoms with Crippen molar-refractivity contribution in [1.29, 1.82) is 0 Å². The van der Waals surface area contributed by atoms with Crippen LogP contribution in [0.1, 0.15) is 116 Å². The molecule has 0 fully saturated rings. The van der Waals surface area contributed by atoms with Crippen LogP contribution in [0, 0.1) is 0 Å². The highest BCUT2D eigenvalue weighted by molar-refractivity contribution is 5.66. The summed E-state index contributed by atoms with van der Waals surface area (Å²) >= 11 is 0. The van der Waals surface area contributed by atoms with Crippen LogP contribution in [0.3, 0.4) is 0 Å². The summed E-state index contributed by atoms with van der Waals surface area (Å²) in [6.45, 7) is 6.35. The van der Waals surface area contributed by atoms with Gasteiger partial charge >= 0.3 is 5.97 Å². The van der Waals surface area contributed by atoms with Gasteiger partial charge in [0.2, 0.25) is 0 Å². The molecule has 0 aromatic heterocycles. The molecule has 146 valence electrons. The molecule has 0 aliphatic heterocycles. The summed E-state index contributed by atoms with van der Waals surface area (Å²) in [4.78, 5) is 10.4. The van der Waals surface area contributed by atoms with Crippen LogP contribution in [0.4, 0.5) is 0 Å². The van der Waals surface area contributed by atoms with E-state index in [1.54, 1.807) is 0 Å². The third kappa shape index (κ3) is 20.9. The maximum absolute atomic E-state index is 10.4. The zero-order valence-corrected chi connectivity index (χ0v) is 16.7. The quantitative estimate of drug-likeness (QED) is 0.190. The van der Waals surface area contributed by atoms with Crippen molar-refractivity contribution in [2.24, 2.45) is 0 Å². The third-order valence-corrected chi connectivity index (χ3v) is 4.72. The summed E-state index contributed by atoms with van der Waals surface area (Å²) in [5, 5.41) is 8.57. The van der Waals surface area contributed by atoms with E-state index in [1.807, 2.05) is 0 Å². The molecule has 0 aromatic carbocycles. The van der Waals surface area contributed by atoms with Gasteiger partial charge in [-0.3, -0.25) is 4.79 Å². The second kappa shape index (κ2) is 19.3. The summed E-state index contributed by atoms with van der Waals surface area (Å²) in [5.74, 6) is -0.709. The van der Waals surface area contributed by atoms with E-state index in [-0.39, 0.29) is 6.42 Å². The first-order valence-corrected chi connectivity index (χ1v) is 10.7. The predicted molar refractivity (Wildman–Crippen MR) is 110 cm³/mol. The fourth-order valence-corrected chi connectivity index (χ4v) is 3.07. The molecule has 0 aliphatic carbocycles. The van der Waals surface area contributed by atoms with Crippen LogP contribution in [0.5, 0.6) is 0 Å². The lowest BCUT2D eigenvalue weighted by atomic mass is 10.0. The fourth-order valence-electron chi connectivity index (χ4n) is 3.07. The molecule has 0 unspecified atom stereocenters. The molecule has 0 saturated carbocycles. The van der Waals surface area contributed by atoms with Gasteiger partial charge in [0.1, 0.15) is 0 Å². The zero-order chi connectivity index (χ0) is 18.6. The summed E-state index contributed by atoms with van der Waals surface area (Å²) in [6, 6.07) is 0. The van der Waals surface area contributed by atoms with Gasteiger partial charge in [0.25, 0.3) is 0 Å². The lowest BCUT2D eigenvalue weighted by molar-refractivity contribution is -0.137. The Morgan fingerprint density at radius 3 is 1.72 bits per heavy atom. The molecule has 0 heterocycles. The first kappa shape index (κ1) is 23.9. The van der Waals surface area contributed by atoms with Gasteiger partial charge in [-0.1, -0.05) is 108 Å². The average Bonchev–Trinajstić information content (AvgIpc) is 2.58. The molecular weight excluding hydrogens is 308 g/mol. The van der Waals surface area contributed by atoms with Crippen LogP contribution in [0.15, 0.2) is 24.3 Å². The Kier molecular flexibility index (Phi) is 18.5. The predicted octanol–water partition coefficient (Wildman–Crippen LogP) is 7.84. The van der Waals surface area contributed by atoms with Crippen molar-refractivity contribution in [2.75, 3.05) is 0 Å². The van der Waals surface area contributed by atoms with Crippen LogP contribution >= 0.6 is 0 Å². The van der Waals surface area contributed by atoms with Crippen molar-refractivity contribution in [3.63, 3.8) is 0 Å². The van der Waals surface area contributed by atoms with Gasteiger partial charge in [-0.2, -0.15) is 0 Å². The number of rotatable bonds is 19. The molecule has 0 amide bonds. The molecule has 0 aromatic rings. The van der Waals surface area contributed by atoms with Crippen molar-refractivity contribution in [3.8, 4) is 0 Å². The van der Waals surface area contributed by atoms with Gasteiger partial charge in [0.15, 0.2) is 0 Å². The minimum Gasteiger partial charge on any atom is -0.481 e. The van der Waals surface area contributed by atoms with E-state index in [4.69, 9.17) is 5.11 Å². The van der Waals surface area contributed by atoms with E-state index in [0.29, 0.717) is 0 Å². The van der Waals surface area contributed by atoms with Gasteiger partial charge in [0.05, 0.1) is 0 Å². The van der Waals surface area contributed by atoms with Crippen molar-refractivity contribution in [3.05, 3.63) is 24.3 Å². The van der Waals surface area contributed by atoms with Gasteiger partial charge in [0, 0.05) is 6.42 Å². The largest absolute Gasteiger partial charge is 0.481 e. The van der Waals surface area contributed by atoms with Crippen LogP contribution in [0.25, 0.3) is 0 Å². The molecular formula is C23H42O2. The van der Waals surface area contributed by atoms with Crippen LogP contribution in [-0.4, -0.2) is 11.1 Å². The van der Waals surface area contributed by atoms with Crippen LogP contribution in [-0.2, 0) is 4.79 Å². The second-order valence-electron chi connectivity index (χ2n) is 7.34. The smallest absolute Gasteiger partial charge is 0.303 e. The third-order valence-electron chi connectivity index (χ3n) is 4.72. The molecule has 0 spiro atoms. The van der Waals surface area contributed by atoms with Gasteiger partial charge in [-0.05, 0) is 25.7 Å². The maximum atomic E-state index is 10.4. The number of allylic oxidation sites excluding steroid dienone is 3. The Morgan fingerprint density at radius 2 is 1.24 bits per heavy atom. The zero-order valence-electron chi connectivity index (χ0n) is 16.7. The number of aliphatic carboxylic acids is 1. The number of carboxylic acid groups (broad SMARTS) is 1. The highest BCUT2D eigenvalue weighted by Crippen LogP contribution is 2.14. The number of hydrogen-bond donors (Lipinski definition) is 1.